The molecule has 2 atom stereocenters. The number of aromatic hydroxyl groups is 6. The standard InChI is InChI=1S/C47H48O6/c1-24-19-42(50)26(3)17-36(24)44(34-13-28(5)46(52)29(6)14-34)38-22-32(9-11-40(38)48)21-33-10-12-41(49)39(23-33)45(35-15-30(7)47(53)31(8)16-35)37-18-27(4)43(51)20-25(37)2/h9-20,22-23,44-45,48-53H,21H2,1-8H3. The van der Waals surface area contributed by atoms with Gasteiger partial charge in [-0.05, 0) is 164 Å². The van der Waals surface area contributed by atoms with Crippen molar-refractivity contribution in [2.75, 3.05) is 0 Å². The molecule has 0 aromatic heterocycles. The first-order chi connectivity index (χ1) is 25.0. The van der Waals surface area contributed by atoms with E-state index in [9.17, 15) is 30.6 Å². The molecule has 6 rings (SSSR count). The van der Waals surface area contributed by atoms with Gasteiger partial charge in [0, 0.05) is 23.0 Å². The topological polar surface area (TPSA) is 121 Å². The van der Waals surface area contributed by atoms with Crippen molar-refractivity contribution in [2.24, 2.45) is 0 Å². The van der Waals surface area contributed by atoms with Crippen LogP contribution in [-0.4, -0.2) is 30.6 Å². The van der Waals surface area contributed by atoms with Crippen molar-refractivity contribution in [2.45, 2.75) is 73.6 Å². The second kappa shape index (κ2) is 14.3. The van der Waals surface area contributed by atoms with Gasteiger partial charge in [-0.3, -0.25) is 0 Å². The van der Waals surface area contributed by atoms with Gasteiger partial charge in [0.2, 0.25) is 0 Å². The van der Waals surface area contributed by atoms with E-state index in [1.807, 2.05) is 116 Å². The molecule has 272 valence electrons. The van der Waals surface area contributed by atoms with Crippen LogP contribution in [0.25, 0.3) is 0 Å². The predicted molar refractivity (Wildman–Crippen MR) is 211 cm³/mol. The molecule has 2 unspecified atom stereocenters. The molecule has 0 aliphatic carbocycles. The van der Waals surface area contributed by atoms with Gasteiger partial charge in [0.05, 0.1) is 0 Å². The molecule has 0 radical (unpaired) electrons. The zero-order valence-electron chi connectivity index (χ0n) is 31.6. The van der Waals surface area contributed by atoms with E-state index < -0.39 is 11.8 Å². The van der Waals surface area contributed by atoms with Crippen molar-refractivity contribution in [3.63, 3.8) is 0 Å². The number of phenolic OH excluding ortho intramolecular Hbond substituents is 6. The number of phenols is 6. The Morgan fingerprint density at radius 2 is 0.679 bits per heavy atom. The summed E-state index contributed by atoms with van der Waals surface area (Å²) in [6, 6.07) is 26.5. The molecule has 0 heterocycles. The fourth-order valence-corrected chi connectivity index (χ4v) is 7.76. The van der Waals surface area contributed by atoms with Crippen molar-refractivity contribution in [3.05, 3.63) is 174 Å². The average Bonchev–Trinajstić information content (AvgIpc) is 3.09. The van der Waals surface area contributed by atoms with Crippen LogP contribution in [0.3, 0.4) is 0 Å². The number of rotatable bonds is 8. The van der Waals surface area contributed by atoms with Crippen molar-refractivity contribution in [1.29, 1.82) is 0 Å². The lowest BCUT2D eigenvalue weighted by atomic mass is 9.79. The molecule has 0 aliphatic heterocycles. The van der Waals surface area contributed by atoms with E-state index in [0.29, 0.717) is 17.5 Å². The minimum Gasteiger partial charge on any atom is -0.508 e. The van der Waals surface area contributed by atoms with Crippen LogP contribution in [0.15, 0.2) is 84.9 Å². The highest BCUT2D eigenvalue weighted by Gasteiger charge is 2.27. The average molecular weight is 709 g/mol. The van der Waals surface area contributed by atoms with Gasteiger partial charge in [0.15, 0.2) is 0 Å². The summed E-state index contributed by atoms with van der Waals surface area (Å²) in [5.41, 5.74) is 13.1. The zero-order valence-corrected chi connectivity index (χ0v) is 31.6. The summed E-state index contributed by atoms with van der Waals surface area (Å²) in [7, 11) is 0. The third-order valence-corrected chi connectivity index (χ3v) is 10.7. The third-order valence-electron chi connectivity index (χ3n) is 10.7. The molecule has 0 spiro atoms. The minimum atomic E-state index is -0.395. The van der Waals surface area contributed by atoms with E-state index >= 15 is 0 Å². The molecule has 53 heavy (non-hydrogen) atoms. The summed E-state index contributed by atoms with van der Waals surface area (Å²) >= 11 is 0. The molecule has 6 nitrogen and oxygen atoms in total. The first-order valence-corrected chi connectivity index (χ1v) is 17.9. The third kappa shape index (κ3) is 7.14. The van der Waals surface area contributed by atoms with Gasteiger partial charge in [-0.15, -0.1) is 0 Å². The largest absolute Gasteiger partial charge is 0.508 e. The lowest BCUT2D eigenvalue weighted by molar-refractivity contribution is 0.463. The van der Waals surface area contributed by atoms with Crippen LogP contribution in [0.1, 0.15) is 101 Å². The highest BCUT2D eigenvalue weighted by molar-refractivity contribution is 5.59. The first-order valence-electron chi connectivity index (χ1n) is 17.9. The normalized spacial score (nSPS) is 12.5. The molecular formula is C47H48O6. The van der Waals surface area contributed by atoms with Gasteiger partial charge in [0.25, 0.3) is 0 Å². The minimum absolute atomic E-state index is 0.134. The van der Waals surface area contributed by atoms with E-state index in [0.717, 1.165) is 77.9 Å². The Morgan fingerprint density at radius 3 is 1.02 bits per heavy atom. The van der Waals surface area contributed by atoms with E-state index in [1.165, 1.54) is 0 Å². The second-order valence-corrected chi connectivity index (χ2v) is 14.8. The van der Waals surface area contributed by atoms with Crippen molar-refractivity contribution >= 4 is 0 Å². The molecule has 6 aromatic rings. The Balaban J connectivity index is 1.49. The summed E-state index contributed by atoms with van der Waals surface area (Å²) in [6.45, 7) is 15.1. The Hall–Kier alpha value is -5.88. The Kier molecular flexibility index (Phi) is 9.93. The Morgan fingerprint density at radius 1 is 0.340 bits per heavy atom. The van der Waals surface area contributed by atoms with E-state index in [4.69, 9.17) is 0 Å². The maximum atomic E-state index is 11.5. The number of aryl methyl sites for hydroxylation is 8. The molecule has 6 heteroatoms. The zero-order chi connectivity index (χ0) is 38.5. The summed E-state index contributed by atoms with van der Waals surface area (Å²) in [5.74, 6) is 0.365. The fraction of sp³-hybridized carbons (Fsp3) is 0.234. The van der Waals surface area contributed by atoms with E-state index in [-0.39, 0.29) is 34.5 Å². The van der Waals surface area contributed by atoms with Crippen LogP contribution < -0.4 is 0 Å². The highest BCUT2D eigenvalue weighted by atomic mass is 16.3. The maximum Gasteiger partial charge on any atom is 0.121 e. The quantitative estimate of drug-likeness (QED) is 0.0876. The van der Waals surface area contributed by atoms with Crippen molar-refractivity contribution in [3.8, 4) is 34.5 Å². The van der Waals surface area contributed by atoms with Crippen LogP contribution in [0, 0.1) is 55.4 Å². The summed E-state index contributed by atoms with van der Waals surface area (Å²) in [4.78, 5) is 0. The van der Waals surface area contributed by atoms with E-state index in [2.05, 4.69) is 0 Å². The summed E-state index contributed by atoms with van der Waals surface area (Å²) < 4.78 is 0. The molecule has 6 aromatic carbocycles. The lowest BCUT2D eigenvalue weighted by Gasteiger charge is -2.25. The SMILES string of the molecule is Cc1cc(C(c2cc(C)c(O)c(C)c2)c2cc(Cc3ccc(O)c(C(c4cc(C)c(O)c(C)c4)c4cc(C)c(O)cc4C)c3)ccc2O)c(C)cc1O. The first kappa shape index (κ1) is 36.9. The molecule has 0 saturated carbocycles. The molecule has 6 N–H and O–H groups in total. The van der Waals surface area contributed by atoms with Gasteiger partial charge in [-0.2, -0.15) is 0 Å². The number of benzene rings is 6. The monoisotopic (exact) mass is 708 g/mol. The summed E-state index contributed by atoms with van der Waals surface area (Å²) in [5, 5.41) is 65.3. The number of hydrogen-bond donors (Lipinski definition) is 6. The van der Waals surface area contributed by atoms with Gasteiger partial charge in [-0.25, -0.2) is 0 Å². The molecule has 0 fully saturated rings. The Labute approximate surface area is 311 Å². The second-order valence-electron chi connectivity index (χ2n) is 14.8. The lowest BCUT2D eigenvalue weighted by Crippen LogP contribution is -2.09. The van der Waals surface area contributed by atoms with Gasteiger partial charge in [0.1, 0.15) is 34.5 Å². The maximum absolute atomic E-state index is 11.5. The van der Waals surface area contributed by atoms with Crippen LogP contribution in [-0.2, 0) is 6.42 Å². The molecule has 0 saturated heterocycles. The van der Waals surface area contributed by atoms with Crippen LogP contribution >= 0.6 is 0 Å². The number of hydrogen-bond acceptors (Lipinski definition) is 6. The van der Waals surface area contributed by atoms with Gasteiger partial charge < -0.3 is 30.6 Å². The Bertz CT molecular complexity index is 2170. The molecular weight excluding hydrogens is 661 g/mol. The molecule has 0 amide bonds. The highest BCUT2D eigenvalue weighted by Crippen LogP contribution is 2.44. The molecule has 0 bridgehead atoms. The predicted octanol–water partition coefficient (Wildman–Crippen LogP) is 10.3. The summed E-state index contributed by atoms with van der Waals surface area (Å²) in [6.07, 6.45) is 0.502. The fourth-order valence-electron chi connectivity index (χ4n) is 7.76. The van der Waals surface area contributed by atoms with Gasteiger partial charge in [-0.1, -0.05) is 60.7 Å². The van der Waals surface area contributed by atoms with Crippen molar-refractivity contribution < 1.29 is 30.6 Å². The van der Waals surface area contributed by atoms with Crippen molar-refractivity contribution in [1.82, 2.24) is 0 Å². The van der Waals surface area contributed by atoms with Crippen LogP contribution in [0.4, 0.5) is 0 Å². The smallest absolute Gasteiger partial charge is 0.121 e. The molecule has 0 aliphatic rings. The van der Waals surface area contributed by atoms with Crippen LogP contribution in [0.5, 0.6) is 34.5 Å². The van der Waals surface area contributed by atoms with Gasteiger partial charge >= 0.3 is 0 Å². The van der Waals surface area contributed by atoms with E-state index in [1.54, 1.807) is 24.3 Å². The van der Waals surface area contributed by atoms with Crippen LogP contribution in [0.2, 0.25) is 0 Å².